The molecular formula is C22H30N2O5S. The molecular weight excluding hydrogens is 404 g/mol. The van der Waals surface area contributed by atoms with Crippen LogP contribution in [-0.2, 0) is 21.4 Å². The van der Waals surface area contributed by atoms with Crippen molar-refractivity contribution in [2.45, 2.75) is 39.8 Å². The summed E-state index contributed by atoms with van der Waals surface area (Å²) in [5.41, 5.74) is 1.24. The smallest absolute Gasteiger partial charge is 0.244 e. The maximum Gasteiger partial charge on any atom is 0.244 e. The summed E-state index contributed by atoms with van der Waals surface area (Å²) in [6, 6.07) is 13.2. The van der Waals surface area contributed by atoms with Gasteiger partial charge in [-0.2, -0.15) is 0 Å². The molecule has 2 aromatic carbocycles. The predicted octanol–water partition coefficient (Wildman–Crippen LogP) is 3.35. The molecule has 0 saturated carbocycles. The second-order valence-electron chi connectivity index (χ2n) is 6.67. The summed E-state index contributed by atoms with van der Waals surface area (Å²) in [6.07, 6.45) is 1.42. The van der Waals surface area contributed by atoms with Gasteiger partial charge in [0.1, 0.15) is 17.5 Å². The molecule has 1 N–H and O–H groups in total. The zero-order valence-corrected chi connectivity index (χ0v) is 18.7. The number of rotatable bonds is 11. The summed E-state index contributed by atoms with van der Waals surface area (Å²) in [4.78, 5) is 13.0. The highest BCUT2D eigenvalue weighted by atomic mass is 32.2. The SMILES string of the molecule is CCOc1ccc(N([C@H](CC)C(=O)NCc2ccccc2OCC)S(C)(=O)=O)cc1. The van der Waals surface area contributed by atoms with Crippen molar-refractivity contribution in [3.05, 3.63) is 54.1 Å². The molecule has 0 spiro atoms. The Balaban J connectivity index is 2.23. The standard InChI is InChI=1S/C22H30N2O5S/c1-5-20(22(25)23-16-17-10-8-9-11-21(17)29-7-3)24(30(4,26)27)18-12-14-19(15-13-18)28-6-2/h8-15,20H,5-7,16H2,1-4H3,(H,23,25)/t20-/m1/s1. The fourth-order valence-electron chi connectivity index (χ4n) is 3.16. The van der Waals surface area contributed by atoms with Crippen LogP contribution in [0, 0.1) is 0 Å². The first kappa shape index (κ1) is 23.5. The molecule has 1 atom stereocenters. The molecule has 0 fully saturated rings. The van der Waals surface area contributed by atoms with E-state index in [4.69, 9.17) is 9.47 Å². The van der Waals surface area contributed by atoms with Gasteiger partial charge in [-0.3, -0.25) is 9.10 Å². The summed E-state index contributed by atoms with van der Waals surface area (Å²) in [7, 11) is -3.69. The van der Waals surface area contributed by atoms with E-state index < -0.39 is 16.1 Å². The van der Waals surface area contributed by atoms with E-state index in [9.17, 15) is 13.2 Å². The van der Waals surface area contributed by atoms with Crippen molar-refractivity contribution in [1.82, 2.24) is 5.32 Å². The van der Waals surface area contributed by atoms with E-state index in [0.29, 0.717) is 36.8 Å². The minimum absolute atomic E-state index is 0.242. The Labute approximate surface area is 179 Å². The van der Waals surface area contributed by atoms with Crippen LogP contribution in [0.4, 0.5) is 5.69 Å². The summed E-state index contributed by atoms with van der Waals surface area (Å²) < 4.78 is 37.3. The third-order valence-corrected chi connectivity index (χ3v) is 5.64. The molecule has 0 aromatic heterocycles. The lowest BCUT2D eigenvalue weighted by molar-refractivity contribution is -0.122. The van der Waals surface area contributed by atoms with Crippen molar-refractivity contribution < 1.29 is 22.7 Å². The van der Waals surface area contributed by atoms with Crippen molar-refractivity contribution >= 4 is 21.6 Å². The molecule has 1 amide bonds. The third-order valence-electron chi connectivity index (χ3n) is 4.46. The molecule has 0 radical (unpaired) electrons. The van der Waals surface area contributed by atoms with E-state index >= 15 is 0 Å². The topological polar surface area (TPSA) is 84.9 Å². The van der Waals surface area contributed by atoms with E-state index in [1.807, 2.05) is 38.1 Å². The number of nitrogens with one attached hydrogen (secondary N) is 1. The summed E-state index contributed by atoms with van der Waals surface area (Å²) in [5.74, 6) is 0.961. The molecule has 8 heteroatoms. The van der Waals surface area contributed by atoms with E-state index in [2.05, 4.69) is 5.32 Å². The minimum atomic E-state index is -3.69. The van der Waals surface area contributed by atoms with Crippen molar-refractivity contribution in [2.24, 2.45) is 0 Å². The zero-order valence-electron chi connectivity index (χ0n) is 17.9. The van der Waals surface area contributed by atoms with E-state index in [-0.39, 0.29) is 12.5 Å². The van der Waals surface area contributed by atoms with Crippen LogP contribution in [0.15, 0.2) is 48.5 Å². The highest BCUT2D eigenvalue weighted by molar-refractivity contribution is 7.92. The van der Waals surface area contributed by atoms with E-state index in [0.717, 1.165) is 16.1 Å². The second kappa shape index (κ2) is 10.9. The molecule has 30 heavy (non-hydrogen) atoms. The highest BCUT2D eigenvalue weighted by Gasteiger charge is 2.31. The number of sulfonamides is 1. The molecule has 0 saturated heterocycles. The van der Waals surface area contributed by atoms with Crippen LogP contribution in [0.1, 0.15) is 32.8 Å². The van der Waals surface area contributed by atoms with Gasteiger partial charge in [0, 0.05) is 12.1 Å². The Hall–Kier alpha value is -2.74. The predicted molar refractivity (Wildman–Crippen MR) is 118 cm³/mol. The van der Waals surface area contributed by atoms with Crippen molar-refractivity contribution in [3.8, 4) is 11.5 Å². The number of anilines is 1. The van der Waals surface area contributed by atoms with Crippen LogP contribution in [0.2, 0.25) is 0 Å². The second-order valence-corrected chi connectivity index (χ2v) is 8.53. The lowest BCUT2D eigenvalue weighted by Crippen LogP contribution is -2.49. The Morgan fingerprint density at radius 3 is 2.20 bits per heavy atom. The molecule has 2 aromatic rings. The van der Waals surface area contributed by atoms with Crippen LogP contribution in [0.25, 0.3) is 0 Å². The van der Waals surface area contributed by atoms with Gasteiger partial charge in [-0.05, 0) is 50.6 Å². The van der Waals surface area contributed by atoms with Gasteiger partial charge in [0.25, 0.3) is 0 Å². The molecule has 0 unspecified atom stereocenters. The number of carbonyl (C=O) groups excluding carboxylic acids is 1. The normalized spacial score (nSPS) is 12.1. The minimum Gasteiger partial charge on any atom is -0.494 e. The maximum absolute atomic E-state index is 13.0. The van der Waals surface area contributed by atoms with Gasteiger partial charge in [-0.1, -0.05) is 25.1 Å². The molecule has 0 bridgehead atoms. The number of amides is 1. The number of nitrogens with zero attached hydrogens (tertiary/aromatic N) is 1. The van der Waals surface area contributed by atoms with E-state index in [1.165, 1.54) is 0 Å². The summed E-state index contributed by atoms with van der Waals surface area (Å²) in [5, 5.41) is 2.85. The summed E-state index contributed by atoms with van der Waals surface area (Å²) >= 11 is 0. The molecule has 0 aliphatic heterocycles. The Kier molecular flexibility index (Phi) is 8.53. The van der Waals surface area contributed by atoms with Gasteiger partial charge < -0.3 is 14.8 Å². The Morgan fingerprint density at radius 1 is 1.00 bits per heavy atom. The number of carbonyl (C=O) groups is 1. The first-order valence-electron chi connectivity index (χ1n) is 10.0. The molecule has 164 valence electrons. The van der Waals surface area contributed by atoms with Crippen LogP contribution in [0.3, 0.4) is 0 Å². The number of benzene rings is 2. The molecule has 0 aliphatic carbocycles. The van der Waals surface area contributed by atoms with Crippen molar-refractivity contribution in [3.63, 3.8) is 0 Å². The number of ether oxygens (including phenoxy) is 2. The number of para-hydroxylation sites is 1. The first-order chi connectivity index (χ1) is 14.3. The van der Waals surface area contributed by atoms with Crippen LogP contribution in [0.5, 0.6) is 11.5 Å². The average Bonchev–Trinajstić information content (AvgIpc) is 2.71. The largest absolute Gasteiger partial charge is 0.494 e. The van der Waals surface area contributed by atoms with Gasteiger partial charge in [0.05, 0.1) is 25.2 Å². The van der Waals surface area contributed by atoms with Crippen LogP contribution in [-0.4, -0.2) is 39.8 Å². The Morgan fingerprint density at radius 2 is 1.63 bits per heavy atom. The zero-order chi connectivity index (χ0) is 22.1. The Bertz CT molecular complexity index is 929. The van der Waals surface area contributed by atoms with Crippen molar-refractivity contribution in [1.29, 1.82) is 0 Å². The molecule has 7 nitrogen and oxygen atoms in total. The van der Waals surface area contributed by atoms with Gasteiger partial charge in [-0.25, -0.2) is 8.42 Å². The number of hydrogen-bond acceptors (Lipinski definition) is 5. The third kappa shape index (κ3) is 6.13. The quantitative estimate of drug-likeness (QED) is 0.586. The first-order valence-corrected chi connectivity index (χ1v) is 11.9. The van der Waals surface area contributed by atoms with Gasteiger partial charge >= 0.3 is 0 Å². The fourth-order valence-corrected chi connectivity index (χ4v) is 4.37. The lowest BCUT2D eigenvalue weighted by atomic mass is 10.1. The van der Waals surface area contributed by atoms with Crippen LogP contribution < -0.4 is 19.1 Å². The van der Waals surface area contributed by atoms with Crippen LogP contribution >= 0.6 is 0 Å². The molecule has 2 rings (SSSR count). The maximum atomic E-state index is 13.0. The van der Waals surface area contributed by atoms with Gasteiger partial charge in [0.15, 0.2) is 0 Å². The summed E-state index contributed by atoms with van der Waals surface area (Å²) in [6.45, 7) is 6.82. The molecule has 0 heterocycles. The monoisotopic (exact) mass is 434 g/mol. The van der Waals surface area contributed by atoms with Crippen molar-refractivity contribution in [2.75, 3.05) is 23.8 Å². The highest BCUT2D eigenvalue weighted by Crippen LogP contribution is 2.25. The van der Waals surface area contributed by atoms with Gasteiger partial charge in [0.2, 0.25) is 15.9 Å². The van der Waals surface area contributed by atoms with E-state index in [1.54, 1.807) is 31.2 Å². The average molecular weight is 435 g/mol. The molecule has 0 aliphatic rings. The fraction of sp³-hybridized carbons (Fsp3) is 0.409. The lowest BCUT2D eigenvalue weighted by Gasteiger charge is -2.30. The van der Waals surface area contributed by atoms with Gasteiger partial charge in [-0.15, -0.1) is 0 Å². The number of hydrogen-bond donors (Lipinski definition) is 1.